The molecule has 0 unspecified atom stereocenters. The number of esters is 1. The molecule has 4 rings (SSSR count). The number of ether oxygens (including phenoxy) is 1. The Labute approximate surface area is 183 Å². The van der Waals surface area contributed by atoms with Gasteiger partial charge in [0.1, 0.15) is 5.54 Å². The second-order valence-electron chi connectivity index (χ2n) is 7.62. The van der Waals surface area contributed by atoms with Gasteiger partial charge in [-0.25, -0.2) is 0 Å². The van der Waals surface area contributed by atoms with Crippen LogP contribution in [0, 0.1) is 0 Å². The molecule has 2 aromatic rings. The Bertz CT molecular complexity index is 998. The first kappa shape index (κ1) is 21.0. The Morgan fingerprint density at radius 2 is 1.94 bits per heavy atom. The van der Waals surface area contributed by atoms with Crippen LogP contribution in [-0.2, 0) is 19.1 Å². The van der Waals surface area contributed by atoms with Crippen LogP contribution < -0.4 is 15.5 Å². The van der Waals surface area contributed by atoms with Gasteiger partial charge >= 0.3 is 5.97 Å². The lowest BCUT2D eigenvalue weighted by Crippen LogP contribution is -2.61. The molecule has 162 valence electrons. The summed E-state index contributed by atoms with van der Waals surface area (Å²) in [6, 6.07) is 8.83. The maximum Gasteiger partial charge on any atom is 0.308 e. The zero-order valence-corrected chi connectivity index (χ0v) is 17.7. The van der Waals surface area contributed by atoms with Crippen LogP contribution in [0.3, 0.4) is 0 Å². The second-order valence-corrected chi connectivity index (χ2v) is 8.40. The normalized spacial score (nSPS) is 16.5. The average Bonchev–Trinajstić information content (AvgIpc) is 3.46. The summed E-state index contributed by atoms with van der Waals surface area (Å²) < 4.78 is 5.17. The van der Waals surface area contributed by atoms with Crippen molar-refractivity contribution in [2.45, 2.75) is 37.6 Å². The van der Waals surface area contributed by atoms with Gasteiger partial charge in [0.2, 0.25) is 0 Å². The molecule has 9 heteroatoms. The Hall–Kier alpha value is -3.20. The smallest absolute Gasteiger partial charge is 0.308 e. The molecule has 1 spiro atoms. The van der Waals surface area contributed by atoms with Crippen LogP contribution in [0.1, 0.15) is 42.5 Å². The number of anilines is 2. The number of carbonyl (C=O) groups excluding carboxylic acids is 4. The fraction of sp³-hybridized carbons (Fsp3) is 0.364. The molecule has 1 aromatic carbocycles. The first-order chi connectivity index (χ1) is 15.0. The molecule has 0 atom stereocenters. The summed E-state index contributed by atoms with van der Waals surface area (Å²) in [5.41, 5.74) is 0.790. The van der Waals surface area contributed by atoms with Crippen LogP contribution in [0.15, 0.2) is 41.1 Å². The summed E-state index contributed by atoms with van der Waals surface area (Å²) in [5.74, 6) is -1.47. The lowest BCUT2D eigenvalue weighted by atomic mass is 9.90. The standard InChI is InChI=1S/C22H23N3O5S/c26-18(13-30-19(27)7-11-23-20(28)15-8-12-31-14-15)25-17-6-2-1-5-16(17)24-21(29)22(25)9-3-4-10-22/h1-2,5-6,8,12,14H,3-4,7,9-11,13H2,(H,23,28)(H,24,29). The van der Waals surface area contributed by atoms with Crippen LogP contribution in [-0.4, -0.2) is 42.4 Å². The number of benzene rings is 1. The molecule has 1 aromatic heterocycles. The van der Waals surface area contributed by atoms with Crippen LogP contribution in [0.25, 0.3) is 0 Å². The van der Waals surface area contributed by atoms with Gasteiger partial charge in [0.15, 0.2) is 6.61 Å². The van der Waals surface area contributed by atoms with E-state index < -0.39 is 24.0 Å². The number of nitrogens with zero attached hydrogens (tertiary/aromatic N) is 1. The van der Waals surface area contributed by atoms with Crippen molar-refractivity contribution in [1.29, 1.82) is 0 Å². The highest BCUT2D eigenvalue weighted by molar-refractivity contribution is 7.08. The maximum atomic E-state index is 13.1. The first-order valence-electron chi connectivity index (χ1n) is 10.2. The average molecular weight is 442 g/mol. The highest BCUT2D eigenvalue weighted by Gasteiger charge is 2.52. The van der Waals surface area contributed by atoms with Gasteiger partial charge in [0.25, 0.3) is 17.7 Å². The van der Waals surface area contributed by atoms with E-state index in [2.05, 4.69) is 10.6 Å². The van der Waals surface area contributed by atoms with Crippen molar-refractivity contribution in [3.05, 3.63) is 46.7 Å². The van der Waals surface area contributed by atoms with E-state index in [1.807, 2.05) is 0 Å². The van der Waals surface area contributed by atoms with Gasteiger partial charge in [-0.2, -0.15) is 11.3 Å². The minimum absolute atomic E-state index is 0.0502. The van der Waals surface area contributed by atoms with Gasteiger partial charge < -0.3 is 15.4 Å². The van der Waals surface area contributed by atoms with Crippen LogP contribution in [0.4, 0.5) is 11.4 Å². The molecule has 0 radical (unpaired) electrons. The number of para-hydroxylation sites is 2. The molecule has 2 N–H and O–H groups in total. The molecule has 31 heavy (non-hydrogen) atoms. The zero-order chi connectivity index (χ0) is 21.8. The Kier molecular flexibility index (Phi) is 6.03. The minimum Gasteiger partial charge on any atom is -0.455 e. The number of hydrogen-bond acceptors (Lipinski definition) is 6. The number of carbonyl (C=O) groups is 4. The van der Waals surface area contributed by atoms with Gasteiger partial charge in [0.05, 0.1) is 17.8 Å². The second kappa shape index (κ2) is 8.89. The van der Waals surface area contributed by atoms with Crippen molar-refractivity contribution in [2.24, 2.45) is 0 Å². The van der Waals surface area contributed by atoms with Crippen molar-refractivity contribution >= 4 is 46.4 Å². The van der Waals surface area contributed by atoms with Crippen LogP contribution in [0.2, 0.25) is 0 Å². The third-order valence-corrected chi connectivity index (χ3v) is 6.36. The number of fused-ring (bicyclic) bond motifs is 1. The molecule has 1 aliphatic heterocycles. The molecule has 2 heterocycles. The molecule has 0 saturated heterocycles. The van der Waals surface area contributed by atoms with E-state index in [1.54, 1.807) is 41.1 Å². The molecule has 1 aliphatic carbocycles. The largest absolute Gasteiger partial charge is 0.455 e. The summed E-state index contributed by atoms with van der Waals surface area (Å²) in [7, 11) is 0. The van der Waals surface area contributed by atoms with Gasteiger partial charge in [-0.15, -0.1) is 0 Å². The van der Waals surface area contributed by atoms with Crippen molar-refractivity contribution < 1.29 is 23.9 Å². The van der Waals surface area contributed by atoms with Gasteiger partial charge in [0, 0.05) is 17.5 Å². The van der Waals surface area contributed by atoms with Crippen molar-refractivity contribution in [1.82, 2.24) is 5.32 Å². The number of amides is 3. The fourth-order valence-electron chi connectivity index (χ4n) is 4.18. The Balaban J connectivity index is 1.37. The molecule has 1 saturated carbocycles. The van der Waals surface area contributed by atoms with Gasteiger partial charge in [-0.1, -0.05) is 25.0 Å². The summed E-state index contributed by atoms with van der Waals surface area (Å²) in [6.07, 6.45) is 2.79. The summed E-state index contributed by atoms with van der Waals surface area (Å²) in [4.78, 5) is 51.5. The number of thiophene rings is 1. The van der Waals surface area contributed by atoms with Crippen LogP contribution >= 0.6 is 11.3 Å². The summed E-state index contributed by atoms with van der Waals surface area (Å²) in [6.45, 7) is -0.346. The maximum absolute atomic E-state index is 13.1. The van der Waals surface area contributed by atoms with E-state index in [1.165, 1.54) is 16.2 Å². The molecule has 0 bridgehead atoms. The van der Waals surface area contributed by atoms with E-state index in [0.29, 0.717) is 29.8 Å². The third-order valence-electron chi connectivity index (χ3n) is 5.68. The number of rotatable bonds is 6. The minimum atomic E-state index is -0.938. The molecular weight excluding hydrogens is 418 g/mol. The molecular formula is C22H23N3O5S. The summed E-state index contributed by atoms with van der Waals surface area (Å²) >= 11 is 1.41. The lowest BCUT2D eigenvalue weighted by Gasteiger charge is -2.44. The SMILES string of the molecule is O=C(CCNC(=O)c1ccsc1)OCC(=O)N1c2ccccc2NC(=O)C12CCCC2. The topological polar surface area (TPSA) is 105 Å². The van der Waals surface area contributed by atoms with Crippen molar-refractivity contribution in [2.75, 3.05) is 23.4 Å². The van der Waals surface area contributed by atoms with Crippen molar-refractivity contribution in [3.8, 4) is 0 Å². The van der Waals surface area contributed by atoms with Gasteiger partial charge in [-0.05, 0) is 36.4 Å². The molecule has 1 fully saturated rings. The van der Waals surface area contributed by atoms with Crippen LogP contribution in [0.5, 0.6) is 0 Å². The first-order valence-corrected chi connectivity index (χ1v) is 11.2. The quantitative estimate of drug-likeness (QED) is 0.671. The van der Waals surface area contributed by atoms with Crippen molar-refractivity contribution in [3.63, 3.8) is 0 Å². The molecule has 8 nitrogen and oxygen atoms in total. The van der Waals surface area contributed by atoms with E-state index >= 15 is 0 Å². The monoisotopic (exact) mass is 441 g/mol. The number of hydrogen-bond donors (Lipinski definition) is 2. The predicted octanol–water partition coefficient (Wildman–Crippen LogP) is 2.71. The van der Waals surface area contributed by atoms with E-state index in [4.69, 9.17) is 4.74 Å². The number of nitrogens with one attached hydrogen (secondary N) is 2. The molecule has 2 aliphatic rings. The highest BCUT2D eigenvalue weighted by atomic mass is 32.1. The predicted molar refractivity (Wildman–Crippen MR) is 116 cm³/mol. The summed E-state index contributed by atoms with van der Waals surface area (Å²) in [5, 5.41) is 9.07. The lowest BCUT2D eigenvalue weighted by molar-refractivity contribution is -0.148. The Morgan fingerprint density at radius 1 is 1.16 bits per heavy atom. The zero-order valence-electron chi connectivity index (χ0n) is 16.9. The highest BCUT2D eigenvalue weighted by Crippen LogP contribution is 2.45. The Morgan fingerprint density at radius 3 is 2.68 bits per heavy atom. The van der Waals surface area contributed by atoms with E-state index in [9.17, 15) is 19.2 Å². The van der Waals surface area contributed by atoms with E-state index in [0.717, 1.165) is 12.8 Å². The fourth-order valence-corrected chi connectivity index (χ4v) is 4.82. The van der Waals surface area contributed by atoms with E-state index in [-0.39, 0.29) is 24.8 Å². The van der Waals surface area contributed by atoms with Gasteiger partial charge in [-0.3, -0.25) is 24.1 Å². The molecule has 3 amide bonds. The third kappa shape index (κ3) is 4.18.